The van der Waals surface area contributed by atoms with Gasteiger partial charge in [0.05, 0.1) is 0 Å². The number of allylic oxidation sites excluding steroid dienone is 1. The minimum absolute atomic E-state index is 0.0285. The lowest BCUT2D eigenvalue weighted by molar-refractivity contribution is -0.137. The van der Waals surface area contributed by atoms with E-state index in [9.17, 15) is 14.7 Å². The summed E-state index contributed by atoms with van der Waals surface area (Å²) in [5.74, 6) is 0.175. The van der Waals surface area contributed by atoms with Crippen LogP contribution in [0.4, 0.5) is 5.88 Å². The van der Waals surface area contributed by atoms with Crippen molar-refractivity contribution in [3.8, 4) is 0 Å². The van der Waals surface area contributed by atoms with Crippen LogP contribution in [0.3, 0.4) is 0 Å². The molecule has 126 valence electrons. The first-order valence-electron chi connectivity index (χ1n) is 7.95. The fourth-order valence-corrected chi connectivity index (χ4v) is 2.71. The lowest BCUT2D eigenvalue weighted by atomic mass is 10.1. The fourth-order valence-electron chi connectivity index (χ4n) is 2.71. The van der Waals surface area contributed by atoms with E-state index in [0.717, 1.165) is 12.8 Å². The summed E-state index contributed by atoms with van der Waals surface area (Å²) in [6.45, 7) is 1.62. The van der Waals surface area contributed by atoms with E-state index in [1.165, 1.54) is 0 Å². The summed E-state index contributed by atoms with van der Waals surface area (Å²) >= 11 is 0. The van der Waals surface area contributed by atoms with Gasteiger partial charge in [0.25, 0.3) is 0 Å². The van der Waals surface area contributed by atoms with Gasteiger partial charge in [-0.25, -0.2) is 0 Å². The Labute approximate surface area is 135 Å². The lowest BCUT2D eigenvalue weighted by Crippen LogP contribution is -2.32. The molecule has 0 radical (unpaired) electrons. The molecule has 0 aromatic carbocycles. The molecule has 1 aromatic rings. The van der Waals surface area contributed by atoms with Crippen molar-refractivity contribution in [2.45, 2.75) is 57.6 Å². The molecule has 6 nitrogen and oxygen atoms in total. The zero-order valence-electron chi connectivity index (χ0n) is 13.3. The number of aliphatic hydroxyl groups is 1. The van der Waals surface area contributed by atoms with Crippen molar-refractivity contribution in [3.05, 3.63) is 30.0 Å². The number of carboxylic acid groups (broad SMARTS) is 1. The van der Waals surface area contributed by atoms with Crippen LogP contribution in [-0.4, -0.2) is 28.1 Å². The summed E-state index contributed by atoms with van der Waals surface area (Å²) in [6, 6.07) is 3.45. The minimum atomic E-state index is -0.780. The molecule has 1 aliphatic rings. The molecule has 2 atom stereocenters. The minimum Gasteiger partial charge on any atom is -0.481 e. The van der Waals surface area contributed by atoms with E-state index in [1.54, 1.807) is 24.0 Å². The molecule has 0 aliphatic carbocycles. The third-order valence-corrected chi connectivity index (χ3v) is 3.92. The number of hydrogen-bond acceptors (Lipinski definition) is 4. The molecule has 1 aromatic heterocycles. The largest absolute Gasteiger partial charge is 0.481 e. The van der Waals surface area contributed by atoms with E-state index in [-0.39, 0.29) is 18.4 Å². The second kappa shape index (κ2) is 7.97. The number of carbonyl (C=O) groups is 2. The smallest absolute Gasteiger partial charge is 0.303 e. The van der Waals surface area contributed by atoms with Gasteiger partial charge in [-0.05, 0) is 38.7 Å². The van der Waals surface area contributed by atoms with E-state index < -0.39 is 12.1 Å². The van der Waals surface area contributed by atoms with Gasteiger partial charge >= 0.3 is 5.97 Å². The third-order valence-electron chi connectivity index (χ3n) is 3.92. The van der Waals surface area contributed by atoms with Crippen molar-refractivity contribution in [1.82, 2.24) is 0 Å². The maximum atomic E-state index is 12.1. The third kappa shape index (κ3) is 4.69. The molecule has 6 heteroatoms. The Morgan fingerprint density at radius 1 is 1.48 bits per heavy atom. The molecule has 1 aliphatic heterocycles. The number of nitrogens with zero attached hydrogens (tertiary/aromatic N) is 1. The number of carbonyl (C=O) groups excluding carboxylic acids is 1. The zero-order chi connectivity index (χ0) is 16.8. The van der Waals surface area contributed by atoms with Crippen LogP contribution in [0.1, 0.15) is 57.3 Å². The Morgan fingerprint density at radius 2 is 2.26 bits per heavy atom. The predicted molar refractivity (Wildman–Crippen MR) is 85.1 cm³/mol. The van der Waals surface area contributed by atoms with Crippen molar-refractivity contribution in [3.63, 3.8) is 0 Å². The molecule has 0 spiro atoms. The van der Waals surface area contributed by atoms with Crippen LogP contribution in [0.2, 0.25) is 0 Å². The van der Waals surface area contributed by atoms with Crippen LogP contribution in [0.15, 0.2) is 28.7 Å². The topological polar surface area (TPSA) is 91.0 Å². The van der Waals surface area contributed by atoms with Gasteiger partial charge in [-0.15, -0.1) is 0 Å². The fraction of sp³-hybridized carbons (Fsp3) is 0.529. The summed E-state index contributed by atoms with van der Waals surface area (Å²) in [5, 5.41) is 18.1. The second-order valence-corrected chi connectivity index (χ2v) is 5.80. The average molecular weight is 321 g/mol. The van der Waals surface area contributed by atoms with Crippen LogP contribution in [-0.2, 0) is 9.59 Å². The monoisotopic (exact) mass is 321 g/mol. The van der Waals surface area contributed by atoms with Gasteiger partial charge < -0.3 is 14.6 Å². The molecular weight excluding hydrogens is 298 g/mol. The first kappa shape index (κ1) is 17.3. The maximum absolute atomic E-state index is 12.1. The standard InChI is InChI=1S/C17H23NO5/c1-12(19)14-9-11-16(23-14)18-13(8-10-15(18)20)6-4-2-3-5-7-17(21)22/h2,4,9,11-13,19H,3,5-8,10H2,1H3,(H,21,22)/t12?,13-/m0/s1. The van der Waals surface area contributed by atoms with Crippen LogP contribution >= 0.6 is 0 Å². The summed E-state index contributed by atoms with van der Waals surface area (Å²) in [5.41, 5.74) is 0. The summed E-state index contributed by atoms with van der Waals surface area (Å²) in [6.07, 6.45) is 6.75. The number of carboxylic acids is 1. The number of furan rings is 1. The van der Waals surface area contributed by atoms with Crippen LogP contribution < -0.4 is 4.90 Å². The second-order valence-electron chi connectivity index (χ2n) is 5.80. The van der Waals surface area contributed by atoms with Crippen molar-refractivity contribution in [1.29, 1.82) is 0 Å². The Balaban J connectivity index is 1.91. The van der Waals surface area contributed by atoms with Crippen LogP contribution in [0, 0.1) is 0 Å². The summed E-state index contributed by atoms with van der Waals surface area (Å²) in [7, 11) is 0. The summed E-state index contributed by atoms with van der Waals surface area (Å²) in [4.78, 5) is 24.2. The molecule has 1 fully saturated rings. The molecular formula is C17H23NO5. The number of unbranched alkanes of at least 4 members (excludes halogenated alkanes) is 1. The van der Waals surface area contributed by atoms with E-state index in [2.05, 4.69) is 0 Å². The van der Waals surface area contributed by atoms with Crippen molar-refractivity contribution >= 4 is 17.8 Å². The Kier molecular flexibility index (Phi) is 5.98. The number of aliphatic hydroxyl groups excluding tert-OH is 1. The van der Waals surface area contributed by atoms with Crippen molar-refractivity contribution in [2.24, 2.45) is 0 Å². The molecule has 2 heterocycles. The lowest BCUT2D eigenvalue weighted by Gasteiger charge is -2.21. The number of aliphatic carboxylic acids is 1. The Morgan fingerprint density at radius 3 is 2.91 bits per heavy atom. The Bertz CT molecular complexity index is 575. The van der Waals surface area contributed by atoms with Gasteiger partial charge in [0, 0.05) is 24.9 Å². The normalized spacial score (nSPS) is 19.7. The van der Waals surface area contributed by atoms with Gasteiger partial charge in [0.2, 0.25) is 11.8 Å². The van der Waals surface area contributed by atoms with Crippen LogP contribution in [0.25, 0.3) is 0 Å². The van der Waals surface area contributed by atoms with E-state index in [0.29, 0.717) is 30.9 Å². The maximum Gasteiger partial charge on any atom is 0.303 e. The quantitative estimate of drug-likeness (QED) is 0.567. The first-order valence-corrected chi connectivity index (χ1v) is 7.95. The van der Waals surface area contributed by atoms with E-state index >= 15 is 0 Å². The van der Waals surface area contributed by atoms with Crippen molar-refractivity contribution in [2.75, 3.05) is 4.90 Å². The molecule has 1 amide bonds. The summed E-state index contributed by atoms with van der Waals surface area (Å²) < 4.78 is 5.57. The first-order chi connectivity index (χ1) is 11.0. The number of hydrogen-bond donors (Lipinski definition) is 2. The van der Waals surface area contributed by atoms with Gasteiger partial charge in [-0.2, -0.15) is 0 Å². The number of anilines is 1. The number of rotatable bonds is 8. The zero-order valence-corrected chi connectivity index (χ0v) is 13.3. The highest BCUT2D eigenvalue weighted by molar-refractivity contribution is 5.95. The molecule has 23 heavy (non-hydrogen) atoms. The number of amides is 1. The molecule has 0 bridgehead atoms. The van der Waals surface area contributed by atoms with Crippen LogP contribution in [0.5, 0.6) is 0 Å². The molecule has 1 saturated heterocycles. The SMILES string of the molecule is CC(O)c1ccc(N2C(=O)CC[C@@H]2CC=CCCCC(=O)O)o1. The van der Waals surface area contributed by atoms with Gasteiger partial charge in [0.15, 0.2) is 0 Å². The predicted octanol–water partition coefficient (Wildman–Crippen LogP) is 3.03. The van der Waals surface area contributed by atoms with E-state index in [1.807, 2.05) is 12.2 Å². The molecule has 2 N–H and O–H groups in total. The molecule has 0 saturated carbocycles. The van der Waals surface area contributed by atoms with Gasteiger partial charge in [0.1, 0.15) is 11.9 Å². The highest BCUT2D eigenvalue weighted by Crippen LogP contribution is 2.31. The highest BCUT2D eigenvalue weighted by Gasteiger charge is 2.33. The highest BCUT2D eigenvalue weighted by atomic mass is 16.4. The molecule has 1 unspecified atom stereocenters. The average Bonchev–Trinajstić information content (AvgIpc) is 3.09. The van der Waals surface area contributed by atoms with Gasteiger partial charge in [-0.1, -0.05) is 12.2 Å². The van der Waals surface area contributed by atoms with Gasteiger partial charge in [-0.3, -0.25) is 14.5 Å². The van der Waals surface area contributed by atoms with E-state index in [4.69, 9.17) is 9.52 Å². The Hall–Kier alpha value is -2.08. The van der Waals surface area contributed by atoms with Crippen molar-refractivity contribution < 1.29 is 24.2 Å². The molecule has 2 rings (SSSR count).